The second kappa shape index (κ2) is 6.48. The fraction of sp³-hybridized carbons (Fsp3) is 0.625. The van der Waals surface area contributed by atoms with Gasteiger partial charge in [-0.05, 0) is 30.7 Å². The van der Waals surface area contributed by atoms with Gasteiger partial charge in [-0.15, -0.1) is 11.3 Å². The molecule has 114 valence electrons. The number of hydrogen-bond donors (Lipinski definition) is 1. The lowest BCUT2D eigenvalue weighted by Crippen LogP contribution is -2.34. The summed E-state index contributed by atoms with van der Waals surface area (Å²) < 4.78 is 0. The summed E-state index contributed by atoms with van der Waals surface area (Å²) >= 11 is 1.69. The minimum absolute atomic E-state index is 0.425. The molecule has 1 unspecified atom stereocenters. The predicted octanol–water partition coefficient (Wildman–Crippen LogP) is 3.29. The molecule has 0 aromatic carbocycles. The molecule has 1 N–H and O–H groups in total. The monoisotopic (exact) mass is 306 g/mol. The van der Waals surface area contributed by atoms with Gasteiger partial charge in [0.1, 0.15) is 11.1 Å². The van der Waals surface area contributed by atoms with E-state index in [1.165, 1.54) is 10.4 Å². The molecule has 0 aliphatic heterocycles. The first-order valence-electron chi connectivity index (χ1n) is 7.46. The summed E-state index contributed by atoms with van der Waals surface area (Å²) in [6.07, 6.45) is 3.17. The lowest BCUT2D eigenvalue weighted by molar-refractivity contribution is -0.140. The van der Waals surface area contributed by atoms with Crippen LogP contribution in [0.5, 0.6) is 0 Å². The topological polar surface area (TPSA) is 64.3 Å². The number of nitrogens with zero attached hydrogens (tertiary/aromatic N) is 2. The largest absolute Gasteiger partial charge is 0.481 e. The zero-order chi connectivity index (χ0) is 15.6. The lowest BCUT2D eigenvalue weighted by atomic mass is 10.1. The first-order valence-corrected chi connectivity index (χ1v) is 8.28. The number of hydrogen-bond acceptors (Lipinski definition) is 4. The van der Waals surface area contributed by atoms with Gasteiger partial charge in [0.25, 0.3) is 0 Å². The van der Waals surface area contributed by atoms with Crippen molar-refractivity contribution in [3.63, 3.8) is 0 Å². The Kier molecular flexibility index (Phi) is 4.89. The molecule has 0 spiro atoms. The molecule has 1 aliphatic carbocycles. The molecule has 2 rings (SSSR count). The number of aryl methyl sites for hydroxylation is 1. The van der Waals surface area contributed by atoms with Crippen molar-refractivity contribution in [1.29, 1.82) is 5.26 Å². The van der Waals surface area contributed by atoms with Crippen LogP contribution < -0.4 is 4.90 Å². The van der Waals surface area contributed by atoms with Gasteiger partial charge in [-0.1, -0.05) is 20.8 Å². The second-order valence-electron chi connectivity index (χ2n) is 6.19. The molecule has 0 saturated heterocycles. The highest BCUT2D eigenvalue weighted by Crippen LogP contribution is 2.41. The van der Waals surface area contributed by atoms with Gasteiger partial charge < -0.3 is 10.0 Å². The maximum Gasteiger partial charge on any atom is 0.308 e. The van der Waals surface area contributed by atoms with Crippen molar-refractivity contribution in [2.24, 2.45) is 11.8 Å². The predicted molar refractivity (Wildman–Crippen MR) is 84.9 cm³/mol. The number of carboxylic acids is 1. The van der Waals surface area contributed by atoms with E-state index in [2.05, 4.69) is 24.8 Å². The standard InChI is InChI=1S/C16H22N2O2S/c1-10(2)8-18(9-11(3)16(19)20)15-13(7-17)12-5-4-6-14(12)21-15/h10-11H,4-6,8-9H2,1-3H3,(H,19,20). The van der Waals surface area contributed by atoms with E-state index in [9.17, 15) is 10.1 Å². The number of rotatable bonds is 6. The molecule has 0 amide bonds. The lowest BCUT2D eigenvalue weighted by Gasteiger charge is -2.27. The summed E-state index contributed by atoms with van der Waals surface area (Å²) in [5, 5.41) is 19.7. The summed E-state index contributed by atoms with van der Waals surface area (Å²) in [5.74, 6) is -0.798. The van der Waals surface area contributed by atoms with Gasteiger partial charge in [0.2, 0.25) is 0 Å². The van der Waals surface area contributed by atoms with Crippen molar-refractivity contribution in [2.75, 3.05) is 18.0 Å². The first kappa shape index (κ1) is 15.8. The van der Waals surface area contributed by atoms with Crippen molar-refractivity contribution >= 4 is 22.3 Å². The number of aliphatic carboxylic acids is 1. The fourth-order valence-corrected chi connectivity index (χ4v) is 4.17. The SMILES string of the molecule is CC(C)CN(CC(C)C(=O)O)c1sc2c(c1C#N)CCC2. The highest BCUT2D eigenvalue weighted by Gasteiger charge is 2.27. The van der Waals surface area contributed by atoms with Crippen LogP contribution in [0.2, 0.25) is 0 Å². The van der Waals surface area contributed by atoms with E-state index in [1.807, 2.05) is 0 Å². The minimum Gasteiger partial charge on any atom is -0.481 e. The van der Waals surface area contributed by atoms with Crippen LogP contribution in [-0.2, 0) is 17.6 Å². The van der Waals surface area contributed by atoms with Crippen LogP contribution >= 0.6 is 11.3 Å². The molecule has 1 heterocycles. The van der Waals surface area contributed by atoms with E-state index >= 15 is 0 Å². The van der Waals surface area contributed by atoms with E-state index in [4.69, 9.17) is 5.11 Å². The zero-order valence-electron chi connectivity index (χ0n) is 12.8. The number of thiophene rings is 1. The van der Waals surface area contributed by atoms with Gasteiger partial charge in [-0.25, -0.2) is 0 Å². The third-order valence-electron chi connectivity index (χ3n) is 3.80. The molecule has 1 atom stereocenters. The molecule has 1 aromatic heterocycles. The Morgan fingerprint density at radius 1 is 1.38 bits per heavy atom. The third kappa shape index (κ3) is 3.38. The zero-order valence-corrected chi connectivity index (χ0v) is 13.7. The van der Waals surface area contributed by atoms with Crippen molar-refractivity contribution in [1.82, 2.24) is 0 Å². The molecular formula is C16H22N2O2S. The highest BCUT2D eigenvalue weighted by atomic mass is 32.1. The smallest absolute Gasteiger partial charge is 0.308 e. The summed E-state index contributed by atoms with van der Waals surface area (Å²) in [6, 6.07) is 2.35. The number of carboxylic acid groups (broad SMARTS) is 1. The quantitative estimate of drug-likeness (QED) is 0.876. The minimum atomic E-state index is -0.786. The van der Waals surface area contributed by atoms with E-state index in [0.717, 1.165) is 36.4 Å². The third-order valence-corrected chi connectivity index (χ3v) is 5.16. The Hall–Kier alpha value is -1.54. The summed E-state index contributed by atoms with van der Waals surface area (Å²) in [4.78, 5) is 14.6. The van der Waals surface area contributed by atoms with E-state index < -0.39 is 11.9 Å². The van der Waals surface area contributed by atoms with Gasteiger partial charge in [-0.3, -0.25) is 4.79 Å². The van der Waals surface area contributed by atoms with Crippen LogP contribution in [0.15, 0.2) is 0 Å². The van der Waals surface area contributed by atoms with Crippen molar-refractivity contribution in [2.45, 2.75) is 40.0 Å². The molecule has 0 fully saturated rings. The van der Waals surface area contributed by atoms with Crippen LogP contribution in [0, 0.1) is 23.2 Å². The molecule has 5 heteroatoms. The number of fused-ring (bicyclic) bond motifs is 1. The second-order valence-corrected chi connectivity index (χ2v) is 7.27. The van der Waals surface area contributed by atoms with Crippen LogP contribution in [0.25, 0.3) is 0 Å². The van der Waals surface area contributed by atoms with Crippen LogP contribution in [0.1, 0.15) is 43.2 Å². The number of nitriles is 1. The molecular weight excluding hydrogens is 284 g/mol. The normalized spacial score (nSPS) is 14.8. The van der Waals surface area contributed by atoms with Gasteiger partial charge >= 0.3 is 5.97 Å². The molecule has 0 bridgehead atoms. The first-order chi connectivity index (χ1) is 9.93. The van der Waals surface area contributed by atoms with Crippen LogP contribution in [0.4, 0.5) is 5.00 Å². The Bertz CT molecular complexity index is 572. The molecule has 0 radical (unpaired) electrons. The van der Waals surface area contributed by atoms with Gasteiger partial charge in [0.05, 0.1) is 11.5 Å². The number of anilines is 1. The van der Waals surface area contributed by atoms with Crippen molar-refractivity contribution < 1.29 is 9.90 Å². The highest BCUT2D eigenvalue weighted by molar-refractivity contribution is 7.16. The van der Waals surface area contributed by atoms with Gasteiger partial charge in [-0.2, -0.15) is 5.26 Å². The maximum atomic E-state index is 11.2. The Morgan fingerprint density at radius 2 is 2.10 bits per heavy atom. The Morgan fingerprint density at radius 3 is 2.67 bits per heavy atom. The maximum absolute atomic E-state index is 11.2. The van der Waals surface area contributed by atoms with E-state index in [0.29, 0.717) is 12.5 Å². The molecule has 0 saturated carbocycles. The average molecular weight is 306 g/mol. The summed E-state index contributed by atoms with van der Waals surface area (Å²) in [6.45, 7) is 7.20. The van der Waals surface area contributed by atoms with Crippen LogP contribution in [0.3, 0.4) is 0 Å². The van der Waals surface area contributed by atoms with Crippen LogP contribution in [-0.4, -0.2) is 24.2 Å². The van der Waals surface area contributed by atoms with Gasteiger partial charge in [0.15, 0.2) is 0 Å². The van der Waals surface area contributed by atoms with Crippen molar-refractivity contribution in [3.05, 3.63) is 16.0 Å². The fourth-order valence-electron chi connectivity index (χ4n) is 2.82. The molecule has 1 aromatic rings. The summed E-state index contributed by atoms with van der Waals surface area (Å²) in [5.41, 5.74) is 1.99. The summed E-state index contributed by atoms with van der Waals surface area (Å²) in [7, 11) is 0. The molecule has 21 heavy (non-hydrogen) atoms. The molecule has 1 aliphatic rings. The molecule has 4 nitrogen and oxygen atoms in total. The van der Waals surface area contributed by atoms with Crippen molar-refractivity contribution in [3.8, 4) is 6.07 Å². The van der Waals surface area contributed by atoms with E-state index in [1.54, 1.807) is 18.3 Å². The Labute approximate surface area is 130 Å². The number of carbonyl (C=O) groups is 1. The average Bonchev–Trinajstić information content (AvgIpc) is 2.96. The van der Waals surface area contributed by atoms with Gasteiger partial charge in [0, 0.05) is 18.0 Å². The van der Waals surface area contributed by atoms with E-state index in [-0.39, 0.29) is 0 Å². The Balaban J connectivity index is 2.33.